The first-order chi connectivity index (χ1) is 9.86. The van der Waals surface area contributed by atoms with E-state index in [9.17, 15) is 13.2 Å². The average Bonchev–Trinajstić information content (AvgIpc) is 2.36. The topological polar surface area (TPSA) is 9.23 Å². The summed E-state index contributed by atoms with van der Waals surface area (Å²) in [5.74, 6) is 2.26. The van der Waals surface area contributed by atoms with Gasteiger partial charge in [0.25, 0.3) is 8.32 Å². The lowest BCUT2D eigenvalue weighted by Gasteiger charge is -2.33. The molecule has 1 aromatic carbocycles. The van der Waals surface area contributed by atoms with E-state index in [2.05, 4.69) is 45.9 Å². The predicted octanol–water partition coefficient (Wildman–Crippen LogP) is 5.79. The van der Waals surface area contributed by atoms with E-state index in [1.807, 2.05) is 0 Å². The summed E-state index contributed by atoms with van der Waals surface area (Å²) in [6, 6.07) is 5.53. The summed E-state index contributed by atoms with van der Waals surface area (Å²) in [5.41, 5.74) is -0.453. The van der Waals surface area contributed by atoms with E-state index >= 15 is 0 Å². The molecule has 0 N–H and O–H groups in total. The second-order valence-electron chi connectivity index (χ2n) is 6.92. The third-order valence-electron chi connectivity index (χ3n) is 4.12. The summed E-state index contributed by atoms with van der Waals surface area (Å²) >= 11 is 0. The van der Waals surface area contributed by atoms with Gasteiger partial charge >= 0.3 is 6.18 Å². The van der Waals surface area contributed by atoms with Crippen LogP contribution in [0.3, 0.4) is 0 Å². The summed E-state index contributed by atoms with van der Waals surface area (Å²) in [7, 11) is -2.02. The minimum absolute atomic E-state index is 0.00873. The third-order valence-corrected chi connectivity index (χ3v) is 8.35. The fourth-order valence-electron chi connectivity index (χ4n) is 1.61. The molecule has 1 atom stereocenters. The molecule has 0 aliphatic heterocycles. The molecule has 0 fully saturated rings. The normalized spacial score (nSPS) is 14.0. The molecule has 0 aliphatic rings. The van der Waals surface area contributed by atoms with Crippen molar-refractivity contribution in [2.24, 2.45) is 0 Å². The number of rotatable bonds is 2. The van der Waals surface area contributed by atoms with E-state index < -0.39 is 26.0 Å². The molecule has 1 nitrogen and oxygen atoms in total. The summed E-state index contributed by atoms with van der Waals surface area (Å²) in [6.07, 6.45) is -1.71. The Bertz CT molecular complexity index is 574. The van der Waals surface area contributed by atoms with Crippen LogP contribution in [0.4, 0.5) is 13.2 Å². The van der Waals surface area contributed by atoms with Gasteiger partial charge in [0.2, 0.25) is 0 Å². The highest BCUT2D eigenvalue weighted by Crippen LogP contribution is 2.37. The molecule has 1 aromatic rings. The van der Waals surface area contributed by atoms with Crippen molar-refractivity contribution in [2.45, 2.75) is 57.9 Å². The van der Waals surface area contributed by atoms with E-state index in [4.69, 9.17) is 4.43 Å². The van der Waals surface area contributed by atoms with Crippen molar-refractivity contribution >= 4 is 8.32 Å². The highest BCUT2D eigenvalue weighted by Gasteiger charge is 2.38. The number of halogens is 3. The van der Waals surface area contributed by atoms with Crippen LogP contribution >= 0.6 is 0 Å². The quantitative estimate of drug-likeness (QED) is 0.493. The van der Waals surface area contributed by atoms with E-state index in [-0.39, 0.29) is 10.6 Å². The Labute approximate surface area is 132 Å². The van der Waals surface area contributed by atoms with Crippen LogP contribution in [-0.2, 0) is 10.6 Å². The van der Waals surface area contributed by atoms with Crippen molar-refractivity contribution in [3.8, 4) is 12.0 Å². The first-order valence-corrected chi connectivity index (χ1v) is 10.1. The van der Waals surface area contributed by atoms with Crippen LogP contribution < -0.4 is 0 Å². The zero-order chi connectivity index (χ0) is 17.2. The molecule has 0 heterocycles. The van der Waals surface area contributed by atoms with Crippen molar-refractivity contribution in [3.05, 3.63) is 35.4 Å². The largest absolute Gasteiger partial charge is 0.500 e. The summed E-state index contributed by atoms with van der Waals surface area (Å²) in [4.78, 5) is 0. The van der Waals surface area contributed by atoms with Gasteiger partial charge in [-0.05, 0) is 36.7 Å². The molecule has 22 heavy (non-hydrogen) atoms. The minimum Gasteiger partial charge on any atom is -0.500 e. The van der Waals surface area contributed by atoms with Crippen molar-refractivity contribution in [1.82, 2.24) is 0 Å². The predicted molar refractivity (Wildman–Crippen MR) is 85.9 cm³/mol. The maximum absolute atomic E-state index is 13.0. The lowest BCUT2D eigenvalue weighted by Crippen LogP contribution is -2.39. The maximum Gasteiger partial charge on any atom is 0.416 e. The van der Waals surface area contributed by atoms with E-state index in [0.29, 0.717) is 0 Å². The molecule has 0 aliphatic carbocycles. The molecule has 0 spiro atoms. The smallest absolute Gasteiger partial charge is 0.416 e. The van der Waals surface area contributed by atoms with Crippen molar-refractivity contribution < 1.29 is 17.6 Å². The number of alkyl halides is 3. The zero-order valence-electron chi connectivity index (χ0n) is 13.9. The minimum atomic E-state index is -4.37. The van der Waals surface area contributed by atoms with E-state index in [1.54, 1.807) is 13.0 Å². The van der Waals surface area contributed by atoms with Crippen molar-refractivity contribution in [2.75, 3.05) is 0 Å². The first-order valence-electron chi connectivity index (χ1n) is 7.21. The van der Waals surface area contributed by atoms with Gasteiger partial charge in [-0.15, -0.1) is 0 Å². The third kappa shape index (κ3) is 4.54. The second-order valence-corrected chi connectivity index (χ2v) is 11.6. The molecule has 0 amide bonds. The fraction of sp³-hybridized carbons (Fsp3) is 0.529. The van der Waals surface area contributed by atoms with Crippen LogP contribution in [0, 0.1) is 12.0 Å². The Morgan fingerprint density at radius 2 is 1.64 bits per heavy atom. The number of hydrogen-bond donors (Lipinski definition) is 0. The molecular weight excluding hydrogens is 305 g/mol. The van der Waals surface area contributed by atoms with Gasteiger partial charge in [0, 0.05) is 5.92 Å². The average molecular weight is 328 g/mol. The zero-order valence-corrected chi connectivity index (χ0v) is 14.9. The summed E-state index contributed by atoms with van der Waals surface area (Å²) in [5, 5.41) is 0.00873. The van der Waals surface area contributed by atoms with Gasteiger partial charge in [0.15, 0.2) is 0 Å². The van der Waals surface area contributed by atoms with Gasteiger partial charge in [0.05, 0.1) is 11.7 Å². The lowest BCUT2D eigenvalue weighted by atomic mass is 9.96. The van der Waals surface area contributed by atoms with E-state index in [1.165, 1.54) is 12.1 Å². The van der Waals surface area contributed by atoms with Gasteiger partial charge < -0.3 is 4.43 Å². The molecule has 122 valence electrons. The number of benzene rings is 1. The van der Waals surface area contributed by atoms with Crippen LogP contribution in [0.2, 0.25) is 18.1 Å². The van der Waals surface area contributed by atoms with Crippen LogP contribution in [0.25, 0.3) is 0 Å². The molecule has 5 heteroatoms. The van der Waals surface area contributed by atoms with E-state index in [0.717, 1.165) is 6.07 Å². The van der Waals surface area contributed by atoms with Gasteiger partial charge in [-0.2, -0.15) is 13.2 Å². The second kappa shape index (κ2) is 6.37. The van der Waals surface area contributed by atoms with Gasteiger partial charge in [-0.1, -0.05) is 44.9 Å². The molecule has 0 aromatic heterocycles. The van der Waals surface area contributed by atoms with Gasteiger partial charge in [0.1, 0.15) is 0 Å². The highest BCUT2D eigenvalue weighted by molar-refractivity contribution is 6.74. The SMILES string of the molecule is CC(C#CO[Si](C)(C)C(C)(C)C)c1ccccc1C(F)(F)F. The summed E-state index contributed by atoms with van der Waals surface area (Å²) in [6.45, 7) is 12.0. The Balaban J connectivity index is 2.98. The Kier molecular flexibility index (Phi) is 5.40. The number of hydrogen-bond acceptors (Lipinski definition) is 1. The van der Waals surface area contributed by atoms with Crippen LogP contribution in [0.15, 0.2) is 24.3 Å². The molecule has 0 saturated carbocycles. The van der Waals surface area contributed by atoms with Gasteiger partial charge in [-0.25, -0.2) is 0 Å². The Hall–Kier alpha value is -1.41. The molecule has 0 bridgehead atoms. The molecule has 0 radical (unpaired) electrons. The molecular formula is C17H23F3OSi. The summed E-state index contributed by atoms with van der Waals surface area (Å²) < 4.78 is 44.7. The molecule has 1 unspecified atom stereocenters. The van der Waals surface area contributed by atoms with Crippen LogP contribution in [-0.4, -0.2) is 8.32 Å². The Morgan fingerprint density at radius 3 is 2.14 bits per heavy atom. The van der Waals surface area contributed by atoms with Crippen molar-refractivity contribution in [1.29, 1.82) is 0 Å². The highest BCUT2D eigenvalue weighted by atomic mass is 28.4. The molecule has 1 rings (SSSR count). The maximum atomic E-state index is 13.0. The van der Waals surface area contributed by atoms with Crippen molar-refractivity contribution in [3.63, 3.8) is 0 Å². The monoisotopic (exact) mass is 328 g/mol. The Morgan fingerprint density at radius 1 is 1.09 bits per heavy atom. The lowest BCUT2D eigenvalue weighted by molar-refractivity contribution is -0.138. The van der Waals surface area contributed by atoms with Gasteiger partial charge in [-0.3, -0.25) is 0 Å². The first kappa shape index (κ1) is 18.6. The molecule has 0 saturated heterocycles. The standard InChI is InChI=1S/C17H23F3OSi/c1-13(11-12-21-22(5,6)16(2,3)4)14-9-7-8-10-15(14)17(18,19)20/h7-10,13H,1-6H3. The van der Waals surface area contributed by atoms with Crippen LogP contribution in [0.5, 0.6) is 0 Å². The van der Waals surface area contributed by atoms with Crippen LogP contribution in [0.1, 0.15) is 44.7 Å². The fourth-order valence-corrected chi connectivity index (χ4v) is 2.23.